The predicted octanol–water partition coefficient (Wildman–Crippen LogP) is 2.26. The van der Waals surface area contributed by atoms with Crippen LogP contribution in [0.25, 0.3) is 0 Å². The Kier molecular flexibility index (Phi) is 4.28. The first-order chi connectivity index (χ1) is 11.0. The highest BCUT2D eigenvalue weighted by molar-refractivity contribution is 5.97. The molecule has 5 nitrogen and oxygen atoms in total. The van der Waals surface area contributed by atoms with Crippen LogP contribution in [0.3, 0.4) is 0 Å². The molecule has 1 saturated carbocycles. The second-order valence-corrected chi connectivity index (χ2v) is 6.97. The lowest BCUT2D eigenvalue weighted by molar-refractivity contribution is -0.129. The number of phenolic OH excluding ortho intramolecular Hbond substituents is 1. The van der Waals surface area contributed by atoms with Crippen molar-refractivity contribution in [2.75, 3.05) is 13.1 Å². The Labute approximate surface area is 136 Å². The van der Waals surface area contributed by atoms with E-state index in [1.165, 1.54) is 0 Å². The number of benzene rings is 1. The zero-order valence-corrected chi connectivity index (χ0v) is 13.7. The first-order valence-electron chi connectivity index (χ1n) is 8.38. The summed E-state index contributed by atoms with van der Waals surface area (Å²) in [6, 6.07) is 5.28. The van der Waals surface area contributed by atoms with Gasteiger partial charge in [0.05, 0.1) is 11.6 Å². The highest BCUT2D eigenvalue weighted by Gasteiger charge is 2.35. The van der Waals surface area contributed by atoms with Crippen LogP contribution < -0.4 is 5.32 Å². The molecule has 1 saturated heterocycles. The molecule has 0 bridgehead atoms. The number of nitrogens with zero attached hydrogens (tertiary/aromatic N) is 1. The second-order valence-electron chi connectivity index (χ2n) is 6.97. The standard InChI is InChI=1S/C18H24N2O3/c1-11(2)13-6-7-15(16(21)8-13)18(23)20-9-14(10-20)19-17(22)12-4-3-5-12/h6-8,11-12,14,21H,3-5,9-10H2,1-2H3,(H,19,22). The van der Waals surface area contributed by atoms with Gasteiger partial charge in [-0.15, -0.1) is 0 Å². The molecule has 2 N–H and O–H groups in total. The number of carbonyl (C=O) groups is 2. The van der Waals surface area contributed by atoms with Crippen molar-refractivity contribution >= 4 is 11.8 Å². The fourth-order valence-electron chi connectivity index (χ4n) is 2.98. The van der Waals surface area contributed by atoms with Crippen LogP contribution in [0.1, 0.15) is 54.9 Å². The van der Waals surface area contributed by atoms with Crippen molar-refractivity contribution in [1.82, 2.24) is 10.2 Å². The Morgan fingerprint density at radius 3 is 2.48 bits per heavy atom. The third-order valence-electron chi connectivity index (χ3n) is 4.91. The number of phenols is 1. The molecule has 1 heterocycles. The molecule has 5 heteroatoms. The molecule has 1 aromatic rings. The molecule has 0 spiro atoms. The second kappa shape index (κ2) is 6.22. The predicted molar refractivity (Wildman–Crippen MR) is 87.4 cm³/mol. The molecule has 0 aromatic heterocycles. The summed E-state index contributed by atoms with van der Waals surface area (Å²) in [5.74, 6) is 0.458. The summed E-state index contributed by atoms with van der Waals surface area (Å²) >= 11 is 0. The molecule has 1 aliphatic carbocycles. The average molecular weight is 316 g/mol. The molecular formula is C18H24N2O3. The molecule has 124 valence electrons. The Morgan fingerprint density at radius 2 is 1.96 bits per heavy atom. The first-order valence-corrected chi connectivity index (χ1v) is 8.38. The van der Waals surface area contributed by atoms with Crippen LogP contribution in [0.15, 0.2) is 18.2 Å². The van der Waals surface area contributed by atoms with Crippen molar-refractivity contribution in [1.29, 1.82) is 0 Å². The summed E-state index contributed by atoms with van der Waals surface area (Å²) in [6.45, 7) is 5.12. The van der Waals surface area contributed by atoms with E-state index >= 15 is 0 Å². The van der Waals surface area contributed by atoms with Crippen LogP contribution in [0.2, 0.25) is 0 Å². The number of hydrogen-bond acceptors (Lipinski definition) is 3. The summed E-state index contributed by atoms with van der Waals surface area (Å²) in [5, 5.41) is 13.1. The number of amides is 2. The minimum Gasteiger partial charge on any atom is -0.507 e. The maximum Gasteiger partial charge on any atom is 0.257 e. The molecular weight excluding hydrogens is 292 g/mol. The van der Waals surface area contributed by atoms with Gasteiger partial charge >= 0.3 is 0 Å². The van der Waals surface area contributed by atoms with E-state index in [-0.39, 0.29) is 29.5 Å². The number of aromatic hydroxyl groups is 1. The molecule has 23 heavy (non-hydrogen) atoms. The fourth-order valence-corrected chi connectivity index (χ4v) is 2.98. The highest BCUT2D eigenvalue weighted by Crippen LogP contribution is 2.28. The van der Waals surface area contributed by atoms with E-state index in [9.17, 15) is 14.7 Å². The lowest BCUT2D eigenvalue weighted by Gasteiger charge is -2.40. The van der Waals surface area contributed by atoms with Crippen molar-refractivity contribution < 1.29 is 14.7 Å². The minimum absolute atomic E-state index is 0.0307. The third-order valence-corrected chi connectivity index (χ3v) is 4.91. The molecule has 0 atom stereocenters. The van der Waals surface area contributed by atoms with Crippen LogP contribution in [-0.4, -0.2) is 41.0 Å². The molecule has 2 fully saturated rings. The van der Waals surface area contributed by atoms with Crippen molar-refractivity contribution in [3.63, 3.8) is 0 Å². The SMILES string of the molecule is CC(C)c1ccc(C(=O)N2CC(NC(=O)C3CCC3)C2)c(O)c1. The Balaban J connectivity index is 1.55. The fraction of sp³-hybridized carbons (Fsp3) is 0.556. The highest BCUT2D eigenvalue weighted by atomic mass is 16.3. The largest absolute Gasteiger partial charge is 0.507 e. The number of likely N-dealkylation sites (tertiary alicyclic amines) is 1. The van der Waals surface area contributed by atoms with Gasteiger partial charge in [0.15, 0.2) is 0 Å². The summed E-state index contributed by atoms with van der Waals surface area (Å²) < 4.78 is 0. The average Bonchev–Trinajstić information content (AvgIpc) is 2.39. The Bertz CT molecular complexity index is 617. The maximum absolute atomic E-state index is 12.4. The van der Waals surface area contributed by atoms with Gasteiger partial charge in [-0.2, -0.15) is 0 Å². The van der Waals surface area contributed by atoms with Gasteiger partial charge in [-0.25, -0.2) is 0 Å². The Morgan fingerprint density at radius 1 is 1.26 bits per heavy atom. The summed E-state index contributed by atoms with van der Waals surface area (Å²) in [7, 11) is 0. The van der Waals surface area contributed by atoms with Crippen molar-refractivity contribution in [2.24, 2.45) is 5.92 Å². The normalized spacial score (nSPS) is 18.5. The van der Waals surface area contributed by atoms with Gasteiger partial charge < -0.3 is 15.3 Å². The monoisotopic (exact) mass is 316 g/mol. The van der Waals surface area contributed by atoms with E-state index in [0.717, 1.165) is 24.8 Å². The van der Waals surface area contributed by atoms with E-state index < -0.39 is 0 Å². The molecule has 1 aromatic carbocycles. The molecule has 2 amide bonds. The van der Waals surface area contributed by atoms with E-state index in [0.29, 0.717) is 24.6 Å². The van der Waals surface area contributed by atoms with Crippen molar-refractivity contribution in [3.8, 4) is 5.75 Å². The number of rotatable bonds is 4. The molecule has 2 aliphatic rings. The third kappa shape index (κ3) is 3.19. The minimum atomic E-state index is -0.174. The zero-order chi connectivity index (χ0) is 16.6. The van der Waals surface area contributed by atoms with Crippen LogP contribution in [-0.2, 0) is 4.79 Å². The van der Waals surface area contributed by atoms with E-state index in [2.05, 4.69) is 5.32 Å². The van der Waals surface area contributed by atoms with Crippen molar-refractivity contribution in [2.45, 2.75) is 45.1 Å². The van der Waals surface area contributed by atoms with Crippen LogP contribution >= 0.6 is 0 Å². The number of hydrogen-bond donors (Lipinski definition) is 2. The summed E-state index contributed by atoms with van der Waals surface area (Å²) in [5.41, 5.74) is 1.34. The topological polar surface area (TPSA) is 69.6 Å². The lowest BCUT2D eigenvalue weighted by Crippen LogP contribution is -2.61. The molecule has 0 radical (unpaired) electrons. The number of nitrogens with one attached hydrogen (secondary N) is 1. The maximum atomic E-state index is 12.4. The molecule has 3 rings (SSSR count). The molecule has 1 aliphatic heterocycles. The van der Waals surface area contributed by atoms with Crippen molar-refractivity contribution in [3.05, 3.63) is 29.3 Å². The van der Waals surface area contributed by atoms with E-state index in [1.54, 1.807) is 17.0 Å². The number of carbonyl (C=O) groups excluding carboxylic acids is 2. The van der Waals surface area contributed by atoms with Gasteiger partial charge in [0.25, 0.3) is 5.91 Å². The van der Waals surface area contributed by atoms with E-state index in [4.69, 9.17) is 0 Å². The lowest BCUT2D eigenvalue weighted by atomic mass is 9.84. The summed E-state index contributed by atoms with van der Waals surface area (Å²) in [6.07, 6.45) is 3.10. The van der Waals surface area contributed by atoms with Gasteiger partial charge in [0.1, 0.15) is 5.75 Å². The smallest absolute Gasteiger partial charge is 0.257 e. The first kappa shape index (κ1) is 15.8. The van der Waals surface area contributed by atoms with Crippen LogP contribution in [0.4, 0.5) is 0 Å². The van der Waals surface area contributed by atoms with Gasteiger partial charge in [-0.05, 0) is 36.5 Å². The zero-order valence-electron chi connectivity index (χ0n) is 13.7. The summed E-state index contributed by atoms with van der Waals surface area (Å²) in [4.78, 5) is 26.0. The Hall–Kier alpha value is -2.04. The quantitative estimate of drug-likeness (QED) is 0.895. The van der Waals surface area contributed by atoms with Crippen LogP contribution in [0, 0.1) is 5.92 Å². The van der Waals surface area contributed by atoms with E-state index in [1.807, 2.05) is 19.9 Å². The van der Waals surface area contributed by atoms with Gasteiger partial charge in [0, 0.05) is 19.0 Å². The molecule has 0 unspecified atom stereocenters. The van der Waals surface area contributed by atoms with Gasteiger partial charge in [0.2, 0.25) is 5.91 Å². The van der Waals surface area contributed by atoms with Gasteiger partial charge in [-0.1, -0.05) is 26.3 Å². The van der Waals surface area contributed by atoms with Crippen LogP contribution in [0.5, 0.6) is 5.75 Å². The van der Waals surface area contributed by atoms with Gasteiger partial charge in [-0.3, -0.25) is 9.59 Å².